The largest absolute Gasteiger partial charge is 0.494 e. The Morgan fingerprint density at radius 1 is 1.06 bits per heavy atom. The number of hydrogen-bond donors (Lipinski definition) is 0. The van der Waals surface area contributed by atoms with E-state index in [1.807, 2.05) is 0 Å². The highest BCUT2D eigenvalue weighted by atomic mass is 19.1. The molecule has 3 aromatic rings. The Bertz CT molecular complexity index is 1260. The van der Waals surface area contributed by atoms with Crippen molar-refractivity contribution in [3.63, 3.8) is 0 Å². The first-order chi connectivity index (χ1) is 16.8. The number of nitrogens with zero attached hydrogens (tertiary/aromatic N) is 7. The number of fused-ring (bicyclic) bond motifs is 1. The number of hydrogen-bond acceptors (Lipinski definition) is 8. The number of likely N-dealkylation sites (N-methyl/N-ethyl adjacent to an activating group) is 1. The number of Topliss-reactive ketones (excluding diaryl/α,β-unsaturated/α-hetero) is 1. The fourth-order valence-electron chi connectivity index (χ4n) is 3.89. The molecule has 2 amide bonds. The van der Waals surface area contributed by atoms with Crippen LogP contribution in [0.2, 0.25) is 0 Å². The molecule has 1 aromatic carbocycles. The van der Waals surface area contributed by atoms with E-state index in [9.17, 15) is 18.8 Å². The van der Waals surface area contributed by atoms with Crippen LogP contribution in [-0.2, 0) is 11.3 Å². The van der Waals surface area contributed by atoms with Crippen LogP contribution >= 0.6 is 0 Å². The first kappa shape index (κ1) is 24.2. The first-order valence-electron chi connectivity index (χ1n) is 11.1. The SMILES string of the molecule is COc1cc2nnc(C(=O)C(=O)N(C)C)n2nc1C(=O)N1CCCN(Cc2ccc(F)cc2)CC1. The second-order valence-electron chi connectivity index (χ2n) is 8.43. The van der Waals surface area contributed by atoms with E-state index in [0.717, 1.165) is 27.9 Å². The molecule has 0 spiro atoms. The van der Waals surface area contributed by atoms with Crippen molar-refractivity contribution < 1.29 is 23.5 Å². The van der Waals surface area contributed by atoms with Gasteiger partial charge in [0.05, 0.1) is 7.11 Å². The smallest absolute Gasteiger partial charge is 0.297 e. The molecule has 3 heterocycles. The Hall–Kier alpha value is -3.93. The van der Waals surface area contributed by atoms with Gasteiger partial charge in [-0.2, -0.15) is 9.61 Å². The van der Waals surface area contributed by atoms with Gasteiger partial charge < -0.3 is 14.5 Å². The van der Waals surface area contributed by atoms with Crippen LogP contribution in [0.1, 0.15) is 33.1 Å². The highest BCUT2D eigenvalue weighted by Crippen LogP contribution is 2.21. The fraction of sp³-hybridized carbons (Fsp3) is 0.391. The van der Waals surface area contributed by atoms with Crippen molar-refractivity contribution in [2.24, 2.45) is 0 Å². The van der Waals surface area contributed by atoms with Crippen molar-refractivity contribution in [3.8, 4) is 5.75 Å². The number of amides is 2. The van der Waals surface area contributed by atoms with E-state index in [2.05, 4.69) is 20.2 Å². The standard InChI is InChI=1S/C23H26FN7O4/c1-28(2)23(34)20(32)21-26-25-18-13-17(35-3)19(27-31(18)21)22(33)30-10-4-9-29(11-12-30)14-15-5-7-16(24)8-6-15/h5-8,13H,4,9-12,14H2,1-3H3. The monoisotopic (exact) mass is 483 g/mol. The molecule has 184 valence electrons. The van der Waals surface area contributed by atoms with Crippen molar-refractivity contribution in [1.29, 1.82) is 0 Å². The third-order valence-corrected chi connectivity index (χ3v) is 5.78. The number of ketones is 1. The third-order valence-electron chi connectivity index (χ3n) is 5.78. The fourth-order valence-corrected chi connectivity index (χ4v) is 3.89. The van der Waals surface area contributed by atoms with Gasteiger partial charge in [-0.05, 0) is 24.1 Å². The van der Waals surface area contributed by atoms with Gasteiger partial charge in [-0.15, -0.1) is 10.2 Å². The van der Waals surface area contributed by atoms with Crippen LogP contribution in [0.15, 0.2) is 30.3 Å². The van der Waals surface area contributed by atoms with E-state index in [1.165, 1.54) is 39.4 Å². The Labute approximate surface area is 201 Å². The van der Waals surface area contributed by atoms with Crippen molar-refractivity contribution in [2.75, 3.05) is 47.4 Å². The van der Waals surface area contributed by atoms with Crippen LogP contribution in [0, 0.1) is 5.82 Å². The quantitative estimate of drug-likeness (QED) is 0.375. The van der Waals surface area contributed by atoms with Crippen molar-refractivity contribution >= 4 is 23.2 Å². The molecule has 1 saturated heterocycles. The molecule has 0 bridgehead atoms. The predicted octanol–water partition coefficient (Wildman–Crippen LogP) is 0.891. The zero-order chi connectivity index (χ0) is 25.1. The minimum absolute atomic E-state index is 0.00173. The van der Waals surface area contributed by atoms with Gasteiger partial charge in [0.15, 0.2) is 17.1 Å². The molecule has 0 radical (unpaired) electrons. The third kappa shape index (κ3) is 5.11. The molecule has 1 aliphatic rings. The number of carbonyl (C=O) groups is 3. The molecule has 0 saturated carbocycles. The topological polar surface area (TPSA) is 113 Å². The minimum atomic E-state index is -0.884. The van der Waals surface area contributed by atoms with Gasteiger partial charge >= 0.3 is 0 Å². The molecular formula is C23H26FN7O4. The van der Waals surface area contributed by atoms with Gasteiger partial charge in [-0.1, -0.05) is 12.1 Å². The molecule has 1 aliphatic heterocycles. The summed E-state index contributed by atoms with van der Waals surface area (Å²) in [7, 11) is 4.32. The number of aromatic nitrogens is 4. The van der Waals surface area contributed by atoms with Gasteiger partial charge in [0.1, 0.15) is 5.82 Å². The Morgan fingerprint density at radius 2 is 1.80 bits per heavy atom. The average molecular weight is 484 g/mol. The zero-order valence-electron chi connectivity index (χ0n) is 19.8. The summed E-state index contributed by atoms with van der Waals surface area (Å²) >= 11 is 0. The first-order valence-corrected chi connectivity index (χ1v) is 11.1. The Balaban J connectivity index is 1.55. The molecule has 0 atom stereocenters. The number of rotatable bonds is 6. The van der Waals surface area contributed by atoms with Crippen LogP contribution in [0.25, 0.3) is 5.65 Å². The lowest BCUT2D eigenvalue weighted by Crippen LogP contribution is -2.36. The molecule has 0 aliphatic carbocycles. The van der Waals surface area contributed by atoms with E-state index in [1.54, 1.807) is 17.0 Å². The normalized spacial score (nSPS) is 14.6. The molecule has 12 heteroatoms. The minimum Gasteiger partial charge on any atom is -0.494 e. The second kappa shape index (κ2) is 10.1. The zero-order valence-corrected chi connectivity index (χ0v) is 19.8. The molecule has 1 fully saturated rings. The summed E-state index contributed by atoms with van der Waals surface area (Å²) in [5, 5.41) is 12.0. The molecule has 11 nitrogen and oxygen atoms in total. The summed E-state index contributed by atoms with van der Waals surface area (Å²) < 4.78 is 19.7. The van der Waals surface area contributed by atoms with E-state index < -0.39 is 11.7 Å². The van der Waals surface area contributed by atoms with Gasteiger partial charge in [0.2, 0.25) is 5.82 Å². The number of benzene rings is 1. The van der Waals surface area contributed by atoms with Crippen LogP contribution in [-0.4, -0.2) is 99.5 Å². The van der Waals surface area contributed by atoms with Gasteiger partial charge in [-0.25, -0.2) is 4.39 Å². The van der Waals surface area contributed by atoms with E-state index >= 15 is 0 Å². The Kier molecular flexibility index (Phi) is 7.01. The lowest BCUT2D eigenvalue weighted by atomic mass is 10.2. The van der Waals surface area contributed by atoms with Crippen LogP contribution in [0.3, 0.4) is 0 Å². The van der Waals surface area contributed by atoms with E-state index in [-0.39, 0.29) is 34.6 Å². The second-order valence-corrected chi connectivity index (χ2v) is 8.43. The van der Waals surface area contributed by atoms with Gasteiger partial charge in [0, 0.05) is 52.9 Å². The van der Waals surface area contributed by atoms with Crippen molar-refractivity contribution in [1.82, 2.24) is 34.5 Å². The summed E-state index contributed by atoms with van der Waals surface area (Å²) in [6, 6.07) is 7.85. The molecule has 0 N–H and O–H groups in total. The highest BCUT2D eigenvalue weighted by Gasteiger charge is 2.29. The van der Waals surface area contributed by atoms with Crippen molar-refractivity contribution in [2.45, 2.75) is 13.0 Å². The van der Waals surface area contributed by atoms with Gasteiger partial charge in [-0.3, -0.25) is 19.3 Å². The molecule has 4 rings (SSSR count). The lowest BCUT2D eigenvalue weighted by Gasteiger charge is -2.22. The number of ether oxygens (including phenoxy) is 1. The van der Waals surface area contributed by atoms with Crippen LogP contribution in [0.5, 0.6) is 5.75 Å². The molecular weight excluding hydrogens is 457 g/mol. The van der Waals surface area contributed by atoms with Crippen molar-refractivity contribution in [3.05, 3.63) is 53.2 Å². The van der Waals surface area contributed by atoms with Crippen LogP contribution < -0.4 is 4.74 Å². The van der Waals surface area contributed by atoms with Gasteiger partial charge in [0.25, 0.3) is 17.6 Å². The summed E-state index contributed by atoms with van der Waals surface area (Å²) in [6.07, 6.45) is 0.741. The summed E-state index contributed by atoms with van der Waals surface area (Å²) in [6.45, 7) is 3.02. The number of halogens is 1. The maximum Gasteiger partial charge on any atom is 0.297 e. The molecule has 0 unspecified atom stereocenters. The predicted molar refractivity (Wildman–Crippen MR) is 123 cm³/mol. The maximum absolute atomic E-state index is 13.4. The summed E-state index contributed by atoms with van der Waals surface area (Å²) in [5.74, 6) is -2.39. The maximum atomic E-state index is 13.4. The van der Waals surface area contributed by atoms with E-state index in [4.69, 9.17) is 4.74 Å². The summed E-state index contributed by atoms with van der Waals surface area (Å²) in [4.78, 5) is 43.1. The van der Waals surface area contributed by atoms with Crippen LogP contribution in [0.4, 0.5) is 4.39 Å². The molecule has 35 heavy (non-hydrogen) atoms. The highest BCUT2D eigenvalue weighted by molar-refractivity contribution is 6.41. The summed E-state index contributed by atoms with van der Waals surface area (Å²) in [5.41, 5.74) is 1.17. The Morgan fingerprint density at radius 3 is 2.49 bits per heavy atom. The molecule has 2 aromatic heterocycles. The van der Waals surface area contributed by atoms with E-state index in [0.29, 0.717) is 26.2 Å². The average Bonchev–Trinajstić information content (AvgIpc) is 3.13. The number of carbonyl (C=O) groups excluding carboxylic acids is 3. The number of methoxy groups -OCH3 is 1. The lowest BCUT2D eigenvalue weighted by molar-refractivity contribution is -0.124.